The molecule has 1 aromatic carbocycles. The fourth-order valence-electron chi connectivity index (χ4n) is 1.67. The molecule has 0 aliphatic heterocycles. The van der Waals surface area contributed by atoms with Crippen LogP contribution in [0.25, 0.3) is 0 Å². The Morgan fingerprint density at radius 1 is 1.04 bits per heavy atom. The van der Waals surface area contributed by atoms with Gasteiger partial charge in [0.2, 0.25) is 5.95 Å². The predicted octanol–water partition coefficient (Wildman–Crippen LogP) is 3.06. The number of aromatic nitrogens is 2. The molecule has 0 bridgehead atoms. The summed E-state index contributed by atoms with van der Waals surface area (Å²) in [6.07, 6.45) is -4.85. The highest BCUT2D eigenvalue weighted by atomic mass is 19.4. The second-order valence-electron chi connectivity index (χ2n) is 4.45. The summed E-state index contributed by atoms with van der Waals surface area (Å²) in [7, 11) is 0. The van der Waals surface area contributed by atoms with Crippen molar-refractivity contribution in [2.45, 2.75) is 6.18 Å². The quantitative estimate of drug-likeness (QED) is 0.570. The third kappa shape index (κ3) is 4.04. The number of alkyl halides is 3. The van der Waals surface area contributed by atoms with Crippen LogP contribution in [0.5, 0.6) is 0 Å². The SMILES string of the molecule is OCCNc1nc(Nc2c(F)ccc(F)c2F)cc(C(F)(F)F)n1. The zero-order valence-electron chi connectivity index (χ0n) is 11.8. The summed E-state index contributed by atoms with van der Waals surface area (Å²) in [6, 6.07) is 1.55. The Kier molecular flexibility index (Phi) is 5.12. The molecule has 3 N–H and O–H groups in total. The molecule has 2 aromatic rings. The van der Waals surface area contributed by atoms with Crippen LogP contribution in [0.1, 0.15) is 5.69 Å². The largest absolute Gasteiger partial charge is 0.433 e. The molecule has 0 unspecified atom stereocenters. The first-order chi connectivity index (χ1) is 11.2. The van der Waals surface area contributed by atoms with Crippen LogP contribution in [0.2, 0.25) is 0 Å². The lowest BCUT2D eigenvalue weighted by Gasteiger charge is -2.13. The van der Waals surface area contributed by atoms with Gasteiger partial charge >= 0.3 is 6.18 Å². The molecule has 0 atom stereocenters. The second kappa shape index (κ2) is 6.91. The van der Waals surface area contributed by atoms with E-state index in [2.05, 4.69) is 15.3 Å². The Bertz CT molecular complexity index is 737. The number of aliphatic hydroxyl groups is 1. The van der Waals surface area contributed by atoms with Crippen molar-refractivity contribution in [3.8, 4) is 0 Å². The molecule has 130 valence electrons. The minimum absolute atomic E-state index is 0.149. The van der Waals surface area contributed by atoms with Crippen molar-refractivity contribution in [3.63, 3.8) is 0 Å². The molecular weight excluding hydrogens is 342 g/mol. The molecule has 0 saturated heterocycles. The van der Waals surface area contributed by atoms with Crippen molar-refractivity contribution in [1.29, 1.82) is 0 Å². The van der Waals surface area contributed by atoms with Gasteiger partial charge in [-0.2, -0.15) is 18.2 Å². The summed E-state index contributed by atoms with van der Waals surface area (Å²) < 4.78 is 78.8. The number of nitrogens with zero attached hydrogens (tertiary/aromatic N) is 2. The lowest BCUT2D eigenvalue weighted by atomic mass is 10.2. The molecule has 0 amide bonds. The average molecular weight is 352 g/mol. The van der Waals surface area contributed by atoms with Crippen molar-refractivity contribution >= 4 is 17.5 Å². The monoisotopic (exact) mass is 352 g/mol. The minimum Gasteiger partial charge on any atom is -0.395 e. The summed E-state index contributed by atoms with van der Waals surface area (Å²) in [5.41, 5.74) is -2.38. The van der Waals surface area contributed by atoms with Gasteiger partial charge in [-0.1, -0.05) is 0 Å². The number of anilines is 3. The molecule has 0 aliphatic rings. The van der Waals surface area contributed by atoms with Gasteiger partial charge in [0.15, 0.2) is 17.3 Å². The van der Waals surface area contributed by atoms with Gasteiger partial charge in [0.25, 0.3) is 0 Å². The number of aliphatic hydroxyl groups excluding tert-OH is 1. The maximum atomic E-state index is 13.6. The minimum atomic E-state index is -4.85. The van der Waals surface area contributed by atoms with E-state index < -0.39 is 53.4 Å². The lowest BCUT2D eigenvalue weighted by molar-refractivity contribution is -0.141. The molecule has 5 nitrogen and oxygen atoms in total. The highest BCUT2D eigenvalue weighted by molar-refractivity contribution is 5.59. The summed E-state index contributed by atoms with van der Waals surface area (Å²) in [4.78, 5) is 6.78. The number of nitrogens with one attached hydrogen (secondary N) is 2. The maximum absolute atomic E-state index is 13.6. The van der Waals surface area contributed by atoms with Gasteiger partial charge in [-0.3, -0.25) is 0 Å². The fraction of sp³-hybridized carbons (Fsp3) is 0.231. The third-order valence-corrected chi connectivity index (χ3v) is 2.71. The molecule has 1 heterocycles. The van der Waals surface area contributed by atoms with Crippen molar-refractivity contribution < 1.29 is 31.4 Å². The summed E-state index contributed by atoms with van der Waals surface area (Å²) in [5.74, 6) is -5.35. The Labute approximate surface area is 131 Å². The highest BCUT2D eigenvalue weighted by Gasteiger charge is 2.34. The van der Waals surface area contributed by atoms with E-state index in [9.17, 15) is 26.3 Å². The van der Waals surface area contributed by atoms with Crippen LogP contribution < -0.4 is 10.6 Å². The van der Waals surface area contributed by atoms with Gasteiger partial charge in [0.05, 0.1) is 6.61 Å². The van der Waals surface area contributed by atoms with E-state index in [0.717, 1.165) is 0 Å². The standard InChI is InChI=1S/C13H10F6N4O/c14-6-1-2-7(15)11(10(6)16)22-9-5-8(13(17,18)19)21-12(23-9)20-3-4-24/h1-2,5,24H,3-4H2,(H2,20,21,22,23). The van der Waals surface area contributed by atoms with E-state index in [1.165, 1.54) is 0 Å². The normalized spacial score (nSPS) is 11.5. The van der Waals surface area contributed by atoms with E-state index in [0.29, 0.717) is 18.2 Å². The van der Waals surface area contributed by atoms with Gasteiger partial charge in [-0.15, -0.1) is 0 Å². The molecule has 0 saturated carbocycles. The molecule has 0 radical (unpaired) electrons. The van der Waals surface area contributed by atoms with Crippen LogP contribution >= 0.6 is 0 Å². The Morgan fingerprint density at radius 3 is 2.33 bits per heavy atom. The van der Waals surface area contributed by atoms with Crippen LogP contribution in [0.3, 0.4) is 0 Å². The number of hydrogen-bond acceptors (Lipinski definition) is 5. The van der Waals surface area contributed by atoms with Crippen molar-refractivity contribution in [2.75, 3.05) is 23.8 Å². The first-order valence-electron chi connectivity index (χ1n) is 6.44. The van der Waals surface area contributed by atoms with Gasteiger partial charge < -0.3 is 15.7 Å². The van der Waals surface area contributed by atoms with Crippen molar-refractivity contribution in [1.82, 2.24) is 9.97 Å². The maximum Gasteiger partial charge on any atom is 0.433 e. The lowest BCUT2D eigenvalue weighted by Crippen LogP contribution is -2.15. The molecule has 11 heteroatoms. The van der Waals surface area contributed by atoms with Gasteiger partial charge in [0.1, 0.15) is 17.3 Å². The Balaban J connectivity index is 2.44. The number of benzene rings is 1. The molecule has 0 spiro atoms. The van der Waals surface area contributed by atoms with E-state index in [1.807, 2.05) is 5.32 Å². The average Bonchev–Trinajstić information content (AvgIpc) is 2.52. The number of hydrogen-bond donors (Lipinski definition) is 3. The van der Waals surface area contributed by atoms with E-state index in [1.54, 1.807) is 0 Å². The van der Waals surface area contributed by atoms with Gasteiger partial charge in [-0.05, 0) is 12.1 Å². The summed E-state index contributed by atoms with van der Waals surface area (Å²) in [6.45, 7) is -0.557. The second-order valence-corrected chi connectivity index (χ2v) is 4.45. The predicted molar refractivity (Wildman–Crippen MR) is 72.2 cm³/mol. The van der Waals surface area contributed by atoms with E-state index >= 15 is 0 Å². The highest BCUT2D eigenvalue weighted by Crippen LogP contribution is 2.31. The fourth-order valence-corrected chi connectivity index (χ4v) is 1.67. The molecule has 2 rings (SSSR count). The van der Waals surface area contributed by atoms with Crippen LogP contribution in [0.4, 0.5) is 43.8 Å². The van der Waals surface area contributed by atoms with Crippen molar-refractivity contribution in [3.05, 3.63) is 41.3 Å². The van der Waals surface area contributed by atoms with E-state index in [-0.39, 0.29) is 6.54 Å². The summed E-state index contributed by atoms with van der Waals surface area (Å²) >= 11 is 0. The first-order valence-corrected chi connectivity index (χ1v) is 6.44. The number of halogens is 6. The van der Waals surface area contributed by atoms with Crippen molar-refractivity contribution in [2.24, 2.45) is 0 Å². The van der Waals surface area contributed by atoms with Gasteiger partial charge in [-0.25, -0.2) is 18.2 Å². The van der Waals surface area contributed by atoms with E-state index in [4.69, 9.17) is 5.11 Å². The first kappa shape index (κ1) is 17.8. The topological polar surface area (TPSA) is 70.1 Å². The smallest absolute Gasteiger partial charge is 0.395 e. The zero-order valence-corrected chi connectivity index (χ0v) is 11.8. The number of rotatable bonds is 5. The Morgan fingerprint density at radius 2 is 1.71 bits per heavy atom. The Hall–Kier alpha value is -2.56. The van der Waals surface area contributed by atoms with Gasteiger partial charge in [0, 0.05) is 12.6 Å². The summed E-state index contributed by atoms with van der Waals surface area (Å²) in [5, 5.41) is 12.9. The molecule has 1 aromatic heterocycles. The van der Waals surface area contributed by atoms with Crippen LogP contribution in [0, 0.1) is 17.5 Å². The van der Waals surface area contributed by atoms with Crippen LogP contribution in [0.15, 0.2) is 18.2 Å². The molecular formula is C13H10F6N4O. The zero-order chi connectivity index (χ0) is 17.9. The van der Waals surface area contributed by atoms with Crippen LogP contribution in [-0.4, -0.2) is 28.2 Å². The molecule has 24 heavy (non-hydrogen) atoms. The third-order valence-electron chi connectivity index (χ3n) is 2.71. The molecule has 0 aliphatic carbocycles. The van der Waals surface area contributed by atoms with Crippen LogP contribution in [-0.2, 0) is 6.18 Å². The molecule has 0 fully saturated rings.